The molecule has 0 unspecified atom stereocenters. The van der Waals surface area contributed by atoms with Gasteiger partial charge in [-0.05, 0) is 6.92 Å². The summed E-state index contributed by atoms with van der Waals surface area (Å²) in [4.78, 5) is 0. The van der Waals surface area contributed by atoms with Crippen molar-refractivity contribution in [3.05, 3.63) is 11.9 Å². The van der Waals surface area contributed by atoms with Crippen LogP contribution in [0.1, 0.15) is 5.69 Å². The fraction of sp³-hybridized carbons (Fsp3) is 0.333. The summed E-state index contributed by atoms with van der Waals surface area (Å²) in [6.07, 6.45) is 1.68. The second-order valence-corrected chi connectivity index (χ2v) is 1.91. The molecule has 1 rings (SSSR count). The van der Waals surface area contributed by atoms with Gasteiger partial charge in [0.2, 0.25) is 0 Å². The molecule has 0 aromatic carbocycles. The predicted molar refractivity (Wildman–Crippen MR) is 29.1 cm³/mol. The van der Waals surface area contributed by atoms with E-state index in [2.05, 4.69) is 26.5 Å². The lowest BCUT2D eigenvalue weighted by Gasteiger charge is -1.80. The third-order valence-corrected chi connectivity index (χ3v) is 1.37. The second-order valence-electron chi connectivity index (χ2n) is 1.24. The Balaban J connectivity index is 3.12. The molecule has 1 heterocycles. The minimum absolute atomic E-state index is 1.00. The van der Waals surface area contributed by atoms with Gasteiger partial charge in [-0.3, -0.25) is 0 Å². The van der Waals surface area contributed by atoms with Crippen LogP contribution in [-0.4, -0.2) is 14.0 Å². The van der Waals surface area contributed by atoms with Crippen molar-refractivity contribution < 1.29 is 0 Å². The van der Waals surface area contributed by atoms with Crippen LogP contribution in [0, 0.1) is 6.92 Å². The lowest BCUT2D eigenvalue weighted by atomic mass is 10.6. The smallest absolute Gasteiger partial charge is 0.0765 e. The zero-order chi connectivity index (χ0) is 5.28. The van der Waals surface area contributed by atoms with Crippen molar-refractivity contribution in [2.24, 2.45) is 0 Å². The maximum absolute atomic E-state index is 3.60. The maximum atomic E-state index is 3.60. The Morgan fingerprint density at radius 3 is 2.71 bits per heavy atom. The van der Waals surface area contributed by atoms with Gasteiger partial charge in [-0.15, -0.1) is 5.10 Å². The summed E-state index contributed by atoms with van der Waals surface area (Å²) < 4.78 is 1.53. The number of hydrogen-bond donors (Lipinski definition) is 0. The zero-order valence-corrected chi connectivity index (χ0v) is 5.38. The van der Waals surface area contributed by atoms with Gasteiger partial charge in [-0.1, -0.05) is 5.21 Å². The highest BCUT2D eigenvalue weighted by Gasteiger charge is 1.87. The number of aryl methyl sites for hydroxylation is 1. The molecule has 0 aliphatic rings. The molecule has 3 nitrogen and oxygen atoms in total. The lowest BCUT2D eigenvalue weighted by molar-refractivity contribution is 0.890. The number of rotatable bonds is 0. The normalized spacial score (nSPS) is 9.43. The number of aromatic nitrogens is 3. The van der Waals surface area contributed by atoms with Crippen molar-refractivity contribution in [3.63, 3.8) is 0 Å². The monoisotopic (exact) mass is 161 g/mol. The molecule has 0 spiro atoms. The van der Waals surface area contributed by atoms with Crippen LogP contribution in [0.4, 0.5) is 0 Å². The van der Waals surface area contributed by atoms with Gasteiger partial charge in [-0.2, -0.15) is 3.71 Å². The van der Waals surface area contributed by atoms with Crippen molar-refractivity contribution in [1.29, 1.82) is 0 Å². The molecule has 4 heteroatoms. The number of halogens is 1. The molecule has 7 heavy (non-hydrogen) atoms. The van der Waals surface area contributed by atoms with Crippen molar-refractivity contribution in [2.45, 2.75) is 6.92 Å². The quantitative estimate of drug-likeness (QED) is 0.563. The van der Waals surface area contributed by atoms with Crippen molar-refractivity contribution in [1.82, 2.24) is 14.0 Å². The second kappa shape index (κ2) is 1.61. The molecule has 0 atom stereocenters. The van der Waals surface area contributed by atoms with Crippen molar-refractivity contribution >= 4 is 16.1 Å². The summed E-state index contributed by atoms with van der Waals surface area (Å²) in [5.41, 5.74) is 1.00. The topological polar surface area (TPSA) is 30.7 Å². The van der Waals surface area contributed by atoms with E-state index in [0.717, 1.165) is 5.69 Å². The fourth-order valence-electron chi connectivity index (χ4n) is 0.273. The van der Waals surface area contributed by atoms with Gasteiger partial charge < -0.3 is 0 Å². The Bertz CT molecular complexity index is 142. The maximum Gasteiger partial charge on any atom is 0.0765 e. The molecular weight excluding hydrogens is 158 g/mol. The molecule has 0 fully saturated rings. The number of nitrogens with zero attached hydrogens (tertiary/aromatic N) is 3. The molecule has 0 bridgehead atoms. The van der Waals surface area contributed by atoms with Crippen LogP contribution in [0.5, 0.6) is 0 Å². The van der Waals surface area contributed by atoms with Crippen LogP contribution in [0.25, 0.3) is 0 Å². The van der Waals surface area contributed by atoms with E-state index in [0.29, 0.717) is 0 Å². The van der Waals surface area contributed by atoms with Gasteiger partial charge in [0.05, 0.1) is 28.0 Å². The van der Waals surface area contributed by atoms with Crippen LogP contribution in [0.15, 0.2) is 6.20 Å². The molecule has 1 aromatic rings. The van der Waals surface area contributed by atoms with E-state index >= 15 is 0 Å². The molecule has 38 valence electrons. The summed E-state index contributed by atoms with van der Waals surface area (Å²) in [5.74, 6) is 0. The highest BCUT2D eigenvalue weighted by Crippen LogP contribution is 1.94. The van der Waals surface area contributed by atoms with Crippen LogP contribution < -0.4 is 0 Å². The predicted octanol–water partition coefficient (Wildman–Crippen LogP) is 0.745. The summed E-state index contributed by atoms with van der Waals surface area (Å²) in [6.45, 7) is 1.91. The molecule has 0 saturated carbocycles. The minimum Gasteiger partial charge on any atom is -0.182 e. The first-order chi connectivity index (χ1) is 3.30. The Hall–Kier alpha value is -0.380. The first kappa shape index (κ1) is 4.77. The van der Waals surface area contributed by atoms with Crippen LogP contribution in [0.3, 0.4) is 0 Å². The van der Waals surface area contributed by atoms with Crippen LogP contribution in [0.2, 0.25) is 0 Å². The van der Waals surface area contributed by atoms with Gasteiger partial charge in [0, 0.05) is 0 Å². The average molecular weight is 162 g/mol. The first-order valence-electron chi connectivity index (χ1n) is 1.84. The molecule has 0 aliphatic carbocycles. The molecule has 0 aliphatic heterocycles. The van der Waals surface area contributed by atoms with E-state index in [1.54, 1.807) is 6.20 Å². The SMILES string of the molecule is Cc1cnnn1Br. The Labute approximate surface area is 49.7 Å². The minimum atomic E-state index is 1.00. The first-order valence-corrected chi connectivity index (χ1v) is 2.55. The van der Waals surface area contributed by atoms with Crippen molar-refractivity contribution in [2.75, 3.05) is 0 Å². The Kier molecular flexibility index (Phi) is 1.10. The van der Waals surface area contributed by atoms with Gasteiger partial charge in [-0.25, -0.2) is 0 Å². The van der Waals surface area contributed by atoms with E-state index in [4.69, 9.17) is 0 Å². The third kappa shape index (κ3) is 0.796. The summed E-state index contributed by atoms with van der Waals surface area (Å²) in [7, 11) is 0. The molecule has 0 N–H and O–H groups in total. The molecule has 0 radical (unpaired) electrons. The zero-order valence-electron chi connectivity index (χ0n) is 3.80. The fourth-order valence-corrected chi connectivity index (χ4v) is 0.446. The highest BCUT2D eigenvalue weighted by molar-refractivity contribution is 9.08. The highest BCUT2D eigenvalue weighted by atomic mass is 79.9. The van der Waals surface area contributed by atoms with Gasteiger partial charge in [0.15, 0.2) is 0 Å². The summed E-state index contributed by atoms with van der Waals surface area (Å²) in [6, 6.07) is 0. The van der Waals surface area contributed by atoms with E-state index in [-0.39, 0.29) is 0 Å². The molecule has 0 amide bonds. The van der Waals surface area contributed by atoms with E-state index in [1.165, 1.54) is 3.71 Å². The number of hydrogen-bond acceptors (Lipinski definition) is 2. The summed E-state index contributed by atoms with van der Waals surface area (Å²) in [5, 5.41) is 7.19. The summed E-state index contributed by atoms with van der Waals surface area (Å²) >= 11 is 3.11. The van der Waals surface area contributed by atoms with Crippen LogP contribution in [-0.2, 0) is 0 Å². The molecular formula is C3H4BrN3. The average Bonchev–Trinajstić information content (AvgIpc) is 1.91. The lowest BCUT2D eigenvalue weighted by Crippen LogP contribution is -1.82. The standard InChI is InChI=1S/C3H4BrN3/c1-3-2-5-6-7(3)4/h2H,1H3. The largest absolute Gasteiger partial charge is 0.182 e. The van der Waals surface area contributed by atoms with E-state index < -0.39 is 0 Å². The molecule has 1 aromatic heterocycles. The van der Waals surface area contributed by atoms with E-state index in [1.807, 2.05) is 6.92 Å². The third-order valence-electron chi connectivity index (χ3n) is 0.666. The van der Waals surface area contributed by atoms with Crippen LogP contribution >= 0.6 is 16.1 Å². The van der Waals surface area contributed by atoms with Gasteiger partial charge in [0.25, 0.3) is 0 Å². The van der Waals surface area contributed by atoms with E-state index in [9.17, 15) is 0 Å². The van der Waals surface area contributed by atoms with Gasteiger partial charge >= 0.3 is 0 Å². The Morgan fingerprint density at radius 1 is 1.86 bits per heavy atom. The molecule has 0 saturated heterocycles. The van der Waals surface area contributed by atoms with Gasteiger partial charge in [0.1, 0.15) is 0 Å². The van der Waals surface area contributed by atoms with Crippen molar-refractivity contribution in [3.8, 4) is 0 Å². The Morgan fingerprint density at radius 2 is 2.57 bits per heavy atom.